The molecule has 0 fully saturated rings. The Labute approximate surface area is 113 Å². The lowest BCUT2D eigenvalue weighted by atomic mass is 10.2. The minimum absolute atomic E-state index is 0.355. The number of rotatable bonds is 5. The molecule has 0 spiro atoms. The van der Waals surface area contributed by atoms with E-state index in [4.69, 9.17) is 4.74 Å². The molecule has 0 bridgehead atoms. The Balaban J connectivity index is 2.04. The molecule has 2 rings (SSSR count). The third-order valence-corrected chi connectivity index (χ3v) is 2.67. The molecule has 2 aromatic carbocycles. The molecule has 0 amide bonds. The first-order valence-electron chi connectivity index (χ1n) is 6.33. The van der Waals surface area contributed by atoms with Crippen molar-refractivity contribution in [3.63, 3.8) is 0 Å². The Morgan fingerprint density at radius 3 is 2.37 bits per heavy atom. The molecule has 0 aliphatic heterocycles. The first-order valence-corrected chi connectivity index (χ1v) is 6.33. The van der Waals surface area contributed by atoms with Crippen LogP contribution in [0.2, 0.25) is 0 Å². The summed E-state index contributed by atoms with van der Waals surface area (Å²) in [5, 5.41) is 11.8. The normalized spacial score (nSPS) is 11.3. The molecular formula is C16H17NO2. The molecule has 98 valence electrons. The molecule has 19 heavy (non-hydrogen) atoms. The summed E-state index contributed by atoms with van der Waals surface area (Å²) in [5.74, 6) is 0.820. The monoisotopic (exact) mass is 255 g/mol. The van der Waals surface area contributed by atoms with Gasteiger partial charge in [-0.15, -0.1) is 0 Å². The summed E-state index contributed by atoms with van der Waals surface area (Å²) in [4.78, 5) is 0. The van der Waals surface area contributed by atoms with Gasteiger partial charge in [-0.3, -0.25) is 0 Å². The van der Waals surface area contributed by atoms with Gasteiger partial charge >= 0.3 is 0 Å². The molecule has 0 radical (unpaired) electrons. The molecule has 0 atom stereocenters. The minimum atomic E-state index is 0.355. The van der Waals surface area contributed by atoms with Crippen LogP contribution < -0.4 is 4.74 Å². The average Bonchev–Trinajstić information content (AvgIpc) is 2.42. The fourth-order valence-electron chi connectivity index (χ4n) is 1.79. The van der Waals surface area contributed by atoms with Crippen molar-refractivity contribution < 1.29 is 9.48 Å². The van der Waals surface area contributed by atoms with Crippen LogP contribution in [-0.4, -0.2) is 17.6 Å². The van der Waals surface area contributed by atoms with Crippen molar-refractivity contribution in [2.75, 3.05) is 6.61 Å². The van der Waals surface area contributed by atoms with Crippen LogP contribution in [0.4, 0.5) is 0 Å². The second-order valence-electron chi connectivity index (χ2n) is 4.19. The first-order chi connectivity index (χ1) is 9.28. The fraction of sp³-hybridized carbons (Fsp3) is 0.188. The molecule has 0 saturated carbocycles. The summed E-state index contributed by atoms with van der Waals surface area (Å²) in [5.41, 5.74) is 1.87. The van der Waals surface area contributed by atoms with Crippen molar-refractivity contribution >= 4 is 6.21 Å². The Hall–Kier alpha value is -2.29. The van der Waals surface area contributed by atoms with Gasteiger partial charge in [0.15, 0.2) is 12.8 Å². The molecule has 0 unspecified atom stereocenters. The summed E-state index contributed by atoms with van der Waals surface area (Å²) in [6.07, 6.45) is 1.59. The summed E-state index contributed by atoms with van der Waals surface area (Å²) in [7, 11) is 0. The van der Waals surface area contributed by atoms with Gasteiger partial charge in [-0.2, -0.15) is 0 Å². The quantitative estimate of drug-likeness (QED) is 0.356. The van der Waals surface area contributed by atoms with Crippen LogP contribution in [0.1, 0.15) is 18.1 Å². The highest BCUT2D eigenvalue weighted by atomic mass is 16.5. The second kappa shape index (κ2) is 6.59. The number of benzene rings is 2. The lowest BCUT2D eigenvalue weighted by Gasteiger charge is -2.05. The lowest BCUT2D eigenvalue weighted by Crippen LogP contribution is -2.05. The van der Waals surface area contributed by atoms with Crippen molar-refractivity contribution in [3.05, 3.63) is 70.9 Å². The van der Waals surface area contributed by atoms with Gasteiger partial charge in [0.1, 0.15) is 5.75 Å². The Kier molecular flexibility index (Phi) is 4.56. The van der Waals surface area contributed by atoms with Crippen molar-refractivity contribution in [2.45, 2.75) is 13.5 Å². The SMILES string of the molecule is CCOc1ccc(C=[N+]([O-])Cc2ccccc2)cc1. The molecule has 0 saturated heterocycles. The van der Waals surface area contributed by atoms with Gasteiger partial charge in [0.25, 0.3) is 0 Å². The van der Waals surface area contributed by atoms with E-state index < -0.39 is 0 Å². The molecule has 3 nitrogen and oxygen atoms in total. The Morgan fingerprint density at radius 2 is 1.74 bits per heavy atom. The zero-order valence-electron chi connectivity index (χ0n) is 11.0. The summed E-state index contributed by atoms with van der Waals surface area (Å²) < 4.78 is 6.29. The fourth-order valence-corrected chi connectivity index (χ4v) is 1.79. The van der Waals surface area contributed by atoms with E-state index in [-0.39, 0.29) is 0 Å². The third kappa shape index (κ3) is 4.14. The van der Waals surface area contributed by atoms with Crippen molar-refractivity contribution in [1.82, 2.24) is 0 Å². The number of nitrogens with zero attached hydrogens (tertiary/aromatic N) is 1. The van der Waals surface area contributed by atoms with Crippen LogP contribution >= 0.6 is 0 Å². The van der Waals surface area contributed by atoms with Gasteiger partial charge < -0.3 is 9.94 Å². The maximum absolute atomic E-state index is 11.8. The van der Waals surface area contributed by atoms with Crippen molar-refractivity contribution in [3.8, 4) is 5.75 Å². The van der Waals surface area contributed by atoms with Gasteiger partial charge in [0.2, 0.25) is 0 Å². The standard InChI is InChI=1S/C16H17NO2/c1-2-19-16-10-8-15(9-11-16)13-17(18)12-14-6-4-3-5-7-14/h3-11,13H,2,12H2,1H3. The maximum Gasteiger partial charge on any atom is 0.182 e. The van der Waals surface area contributed by atoms with Gasteiger partial charge in [-0.1, -0.05) is 30.3 Å². The molecular weight excluding hydrogens is 238 g/mol. The number of hydrogen-bond donors (Lipinski definition) is 0. The summed E-state index contributed by atoms with van der Waals surface area (Å²) in [6.45, 7) is 2.94. The average molecular weight is 255 g/mol. The minimum Gasteiger partial charge on any atom is -0.624 e. The van der Waals surface area contributed by atoms with Crippen LogP contribution in [0.15, 0.2) is 54.6 Å². The van der Waals surface area contributed by atoms with Gasteiger partial charge in [0.05, 0.1) is 6.61 Å². The van der Waals surface area contributed by atoms with Crippen LogP contribution in [-0.2, 0) is 6.54 Å². The third-order valence-electron chi connectivity index (χ3n) is 2.67. The maximum atomic E-state index is 11.8. The summed E-state index contributed by atoms with van der Waals surface area (Å²) >= 11 is 0. The highest BCUT2D eigenvalue weighted by Gasteiger charge is 1.99. The molecule has 3 heteroatoms. The zero-order valence-corrected chi connectivity index (χ0v) is 11.0. The van der Waals surface area contributed by atoms with E-state index in [0.717, 1.165) is 21.6 Å². The lowest BCUT2D eigenvalue weighted by molar-refractivity contribution is -0.469. The zero-order chi connectivity index (χ0) is 13.5. The number of hydrogen-bond acceptors (Lipinski definition) is 2. The second-order valence-corrected chi connectivity index (χ2v) is 4.19. The molecule has 2 aromatic rings. The molecule has 0 aromatic heterocycles. The highest BCUT2D eigenvalue weighted by molar-refractivity contribution is 5.75. The van der Waals surface area contributed by atoms with Crippen LogP contribution in [0, 0.1) is 5.21 Å². The van der Waals surface area contributed by atoms with Crippen molar-refractivity contribution in [2.24, 2.45) is 0 Å². The van der Waals surface area contributed by atoms with E-state index in [2.05, 4.69) is 0 Å². The topological polar surface area (TPSA) is 35.3 Å². The Bertz CT molecular complexity index is 532. The molecule has 0 aliphatic rings. The Morgan fingerprint density at radius 1 is 1.05 bits per heavy atom. The highest BCUT2D eigenvalue weighted by Crippen LogP contribution is 2.11. The van der Waals surface area contributed by atoms with E-state index in [1.54, 1.807) is 6.21 Å². The van der Waals surface area contributed by atoms with Gasteiger partial charge in [-0.05, 0) is 31.2 Å². The van der Waals surface area contributed by atoms with Crippen LogP contribution in [0.25, 0.3) is 0 Å². The number of hydroxylamine groups is 1. The van der Waals surface area contributed by atoms with E-state index >= 15 is 0 Å². The van der Waals surface area contributed by atoms with Crippen LogP contribution in [0.3, 0.4) is 0 Å². The van der Waals surface area contributed by atoms with E-state index in [1.807, 2.05) is 61.5 Å². The molecule has 0 N–H and O–H groups in total. The largest absolute Gasteiger partial charge is 0.624 e. The van der Waals surface area contributed by atoms with E-state index in [9.17, 15) is 5.21 Å². The van der Waals surface area contributed by atoms with Gasteiger partial charge in [0, 0.05) is 11.1 Å². The van der Waals surface area contributed by atoms with E-state index in [0.29, 0.717) is 13.2 Å². The molecule has 0 aliphatic carbocycles. The predicted octanol–water partition coefficient (Wildman–Crippen LogP) is 3.21. The predicted molar refractivity (Wildman–Crippen MR) is 76.6 cm³/mol. The first kappa shape index (κ1) is 13.1. The van der Waals surface area contributed by atoms with E-state index in [1.165, 1.54) is 0 Å². The van der Waals surface area contributed by atoms with Crippen molar-refractivity contribution in [1.29, 1.82) is 0 Å². The molecule has 0 heterocycles. The smallest absolute Gasteiger partial charge is 0.182 e. The van der Waals surface area contributed by atoms with Crippen LogP contribution in [0.5, 0.6) is 5.75 Å². The number of ether oxygens (including phenoxy) is 1. The summed E-state index contributed by atoms with van der Waals surface area (Å²) in [6, 6.07) is 17.2. The van der Waals surface area contributed by atoms with Gasteiger partial charge in [-0.25, -0.2) is 4.74 Å².